The molecular formula is C26H33ClFN5O3S. The van der Waals surface area contributed by atoms with E-state index in [1.807, 2.05) is 33.1 Å². The molecule has 1 aromatic carbocycles. The van der Waals surface area contributed by atoms with Gasteiger partial charge in [-0.25, -0.2) is 14.2 Å². The Bertz CT molecular complexity index is 1190. The molecule has 4 aliphatic rings. The summed E-state index contributed by atoms with van der Waals surface area (Å²) in [7, 11) is 1.34. The lowest BCUT2D eigenvalue weighted by molar-refractivity contribution is -0.137. The minimum Gasteiger partial charge on any atom is -0.466 e. The third-order valence-corrected chi connectivity index (χ3v) is 8.10. The number of piperazine rings is 1. The van der Waals surface area contributed by atoms with Crippen molar-refractivity contribution in [3.8, 4) is 0 Å². The minimum absolute atomic E-state index is 0.0204. The van der Waals surface area contributed by atoms with Crippen molar-refractivity contribution in [3.05, 3.63) is 62.5 Å². The van der Waals surface area contributed by atoms with Crippen LogP contribution in [0.3, 0.4) is 0 Å². The second kappa shape index (κ2) is 11.6. The molecule has 5 heterocycles. The number of thiazole rings is 1. The summed E-state index contributed by atoms with van der Waals surface area (Å²) < 4.78 is 24.7. The average molecular weight is 550 g/mol. The Kier molecular flexibility index (Phi) is 8.65. The molecule has 8 nitrogen and oxygen atoms in total. The van der Waals surface area contributed by atoms with Crippen LogP contribution < -0.4 is 10.6 Å². The van der Waals surface area contributed by atoms with Crippen LogP contribution in [0.2, 0.25) is 5.02 Å². The summed E-state index contributed by atoms with van der Waals surface area (Å²) in [6.07, 6.45) is 1.70. The third kappa shape index (κ3) is 4.70. The number of benzene rings is 1. The molecule has 0 bridgehead atoms. The Morgan fingerprint density at radius 2 is 2.11 bits per heavy atom. The Labute approximate surface area is 225 Å². The van der Waals surface area contributed by atoms with Gasteiger partial charge in [0.2, 0.25) is 0 Å². The summed E-state index contributed by atoms with van der Waals surface area (Å²) in [5, 5.41) is 9.62. The number of likely N-dealkylation sites (tertiary alicyclic amines) is 1. The van der Waals surface area contributed by atoms with Crippen molar-refractivity contribution in [2.75, 3.05) is 33.4 Å². The summed E-state index contributed by atoms with van der Waals surface area (Å²) in [6.45, 7) is 10.7. The fourth-order valence-corrected chi connectivity index (χ4v) is 6.20. The molecule has 3 unspecified atom stereocenters. The first-order valence-corrected chi connectivity index (χ1v) is 13.9. The first-order valence-electron chi connectivity index (χ1n) is 12.6. The molecule has 3 fully saturated rings. The molecule has 11 heteroatoms. The van der Waals surface area contributed by atoms with E-state index in [-0.39, 0.29) is 16.6 Å². The SMILES string of the molecule is CC.CC.COC(=O)C1=C(CN2C3CNC34COCC24)NC(c2nccs2)=N[C@H]1c1ccc(F)cc1Cl. The van der Waals surface area contributed by atoms with Gasteiger partial charge in [0.15, 0.2) is 10.8 Å². The van der Waals surface area contributed by atoms with Gasteiger partial charge >= 0.3 is 5.97 Å². The van der Waals surface area contributed by atoms with Gasteiger partial charge in [0, 0.05) is 47.0 Å². The molecule has 4 atom stereocenters. The first kappa shape index (κ1) is 27.7. The van der Waals surface area contributed by atoms with E-state index in [1.165, 1.54) is 30.6 Å². The molecule has 0 saturated carbocycles. The number of carbonyl (C=O) groups excluding carboxylic acids is 1. The second-order valence-electron chi connectivity index (χ2n) is 8.53. The zero-order valence-electron chi connectivity index (χ0n) is 21.7. The maximum Gasteiger partial charge on any atom is 0.338 e. The number of amidine groups is 1. The Morgan fingerprint density at radius 3 is 2.73 bits per heavy atom. The number of halogens is 2. The molecule has 200 valence electrons. The Balaban J connectivity index is 0.000000765. The van der Waals surface area contributed by atoms with Crippen molar-refractivity contribution < 1.29 is 18.7 Å². The number of ether oxygens (including phenoxy) is 2. The molecule has 0 aliphatic carbocycles. The summed E-state index contributed by atoms with van der Waals surface area (Å²) in [5.74, 6) is -0.425. The van der Waals surface area contributed by atoms with Crippen LogP contribution in [0.25, 0.3) is 0 Å². The lowest BCUT2D eigenvalue weighted by Gasteiger charge is -2.67. The van der Waals surface area contributed by atoms with E-state index >= 15 is 0 Å². The number of esters is 1. The lowest BCUT2D eigenvalue weighted by atomic mass is 9.68. The molecular weight excluding hydrogens is 517 g/mol. The highest BCUT2D eigenvalue weighted by atomic mass is 35.5. The molecule has 6 rings (SSSR count). The minimum atomic E-state index is -0.758. The third-order valence-electron chi connectivity index (χ3n) is 7.00. The summed E-state index contributed by atoms with van der Waals surface area (Å²) in [6, 6.07) is 3.92. The summed E-state index contributed by atoms with van der Waals surface area (Å²) in [4.78, 5) is 24.5. The van der Waals surface area contributed by atoms with E-state index < -0.39 is 17.8 Å². The zero-order chi connectivity index (χ0) is 26.7. The van der Waals surface area contributed by atoms with Crippen molar-refractivity contribution in [2.24, 2.45) is 4.99 Å². The number of aliphatic imine (C=N–C) groups is 1. The molecule has 37 heavy (non-hydrogen) atoms. The van der Waals surface area contributed by atoms with Gasteiger partial charge in [-0.3, -0.25) is 9.89 Å². The van der Waals surface area contributed by atoms with Crippen LogP contribution in [0.15, 0.2) is 46.0 Å². The normalized spacial score (nSPS) is 27.5. The second-order valence-corrected chi connectivity index (χ2v) is 9.83. The van der Waals surface area contributed by atoms with Gasteiger partial charge in [-0.15, -0.1) is 11.3 Å². The van der Waals surface area contributed by atoms with Crippen molar-refractivity contribution >= 4 is 34.7 Å². The van der Waals surface area contributed by atoms with E-state index in [0.717, 1.165) is 6.54 Å². The average Bonchev–Trinajstić information content (AvgIpc) is 3.60. The number of hydrogen-bond acceptors (Lipinski definition) is 9. The molecule has 2 aromatic rings. The van der Waals surface area contributed by atoms with Crippen molar-refractivity contribution in [3.63, 3.8) is 0 Å². The number of carbonyl (C=O) groups is 1. The predicted molar refractivity (Wildman–Crippen MR) is 144 cm³/mol. The number of aromatic nitrogens is 1. The monoisotopic (exact) mass is 549 g/mol. The van der Waals surface area contributed by atoms with Gasteiger partial charge in [0.05, 0.1) is 37.5 Å². The molecule has 0 radical (unpaired) electrons. The number of nitrogens with zero attached hydrogens (tertiary/aromatic N) is 3. The first-order chi connectivity index (χ1) is 18.0. The van der Waals surface area contributed by atoms with Crippen molar-refractivity contribution in [2.45, 2.75) is 51.4 Å². The maximum absolute atomic E-state index is 13.8. The highest BCUT2D eigenvalue weighted by molar-refractivity contribution is 7.11. The molecule has 0 amide bonds. The molecule has 1 aromatic heterocycles. The molecule has 1 spiro atoms. The van der Waals surface area contributed by atoms with E-state index in [4.69, 9.17) is 26.1 Å². The smallest absolute Gasteiger partial charge is 0.338 e. The van der Waals surface area contributed by atoms with Crippen LogP contribution in [0.5, 0.6) is 0 Å². The quantitative estimate of drug-likeness (QED) is 0.546. The highest BCUT2D eigenvalue weighted by Gasteiger charge is 2.68. The van der Waals surface area contributed by atoms with Crippen LogP contribution in [0.1, 0.15) is 44.3 Å². The topological polar surface area (TPSA) is 88.1 Å². The van der Waals surface area contributed by atoms with E-state index in [2.05, 4.69) is 20.5 Å². The Hall–Kier alpha value is -2.37. The standard InChI is InChI=1S/C22H21ClFN5O3S.2C2H6/c1-31-21(30)17-14(8-29-15-7-26-22(15)10-32-9-16(22)29)27-19(20-25-4-5-33-20)28-18(17)12-3-2-11(24)6-13(12)23;2*1-2/h2-6,15-16,18,26H,7-10H2,1H3,(H,27,28);2*1-2H3/t15?,16?,18-,22?;;/m0../s1. The van der Waals surface area contributed by atoms with Gasteiger partial charge in [0.25, 0.3) is 0 Å². The number of nitrogens with one attached hydrogen (secondary N) is 2. The number of methoxy groups -OCH3 is 1. The summed E-state index contributed by atoms with van der Waals surface area (Å²) >= 11 is 7.85. The highest BCUT2D eigenvalue weighted by Crippen LogP contribution is 2.47. The van der Waals surface area contributed by atoms with Crippen LogP contribution in [-0.4, -0.2) is 72.7 Å². The Morgan fingerprint density at radius 1 is 1.32 bits per heavy atom. The fraction of sp³-hybridized carbons (Fsp3) is 0.500. The van der Waals surface area contributed by atoms with Crippen LogP contribution in [0, 0.1) is 5.82 Å². The fourth-order valence-electron chi connectivity index (χ4n) is 5.34. The van der Waals surface area contributed by atoms with Crippen LogP contribution in [0.4, 0.5) is 4.39 Å². The molecule has 4 aliphatic heterocycles. The molecule has 3 saturated heterocycles. The number of rotatable bonds is 5. The van der Waals surface area contributed by atoms with E-state index in [9.17, 15) is 9.18 Å². The van der Waals surface area contributed by atoms with E-state index in [1.54, 1.807) is 12.3 Å². The van der Waals surface area contributed by atoms with Gasteiger partial charge in [0.1, 0.15) is 11.9 Å². The lowest BCUT2D eigenvalue weighted by Crippen LogP contribution is -2.91. The van der Waals surface area contributed by atoms with Gasteiger partial charge in [-0.1, -0.05) is 45.4 Å². The van der Waals surface area contributed by atoms with Gasteiger partial charge in [-0.05, 0) is 12.1 Å². The predicted octanol–water partition coefficient (Wildman–Crippen LogP) is 3.93. The maximum atomic E-state index is 13.8. The largest absolute Gasteiger partial charge is 0.466 e. The van der Waals surface area contributed by atoms with Gasteiger partial charge < -0.3 is 20.1 Å². The number of hydrogen-bond donors (Lipinski definition) is 2. The zero-order valence-corrected chi connectivity index (χ0v) is 23.3. The van der Waals surface area contributed by atoms with Crippen LogP contribution >= 0.6 is 22.9 Å². The van der Waals surface area contributed by atoms with E-state index in [0.29, 0.717) is 53.5 Å². The molecule has 2 N–H and O–H groups in total. The summed E-state index contributed by atoms with van der Waals surface area (Å²) in [5.41, 5.74) is 1.58. The van der Waals surface area contributed by atoms with Crippen molar-refractivity contribution in [1.29, 1.82) is 0 Å². The van der Waals surface area contributed by atoms with Gasteiger partial charge in [-0.2, -0.15) is 0 Å². The van der Waals surface area contributed by atoms with Crippen LogP contribution in [-0.2, 0) is 14.3 Å². The van der Waals surface area contributed by atoms with Crippen molar-refractivity contribution in [1.82, 2.24) is 20.5 Å².